The Kier molecular flexibility index (Phi) is 3.58. The molecule has 2 aromatic carbocycles. The molecule has 2 aromatic heterocycles. The van der Waals surface area contributed by atoms with E-state index in [0.717, 1.165) is 45.1 Å². The summed E-state index contributed by atoms with van der Waals surface area (Å²) in [6, 6.07) is 13.7. The number of hydrogen-bond donors (Lipinski definition) is 1. The maximum Gasteiger partial charge on any atom is 0.215 e. The molecular formula is C18H16ClN5. The number of hydrogen-bond acceptors (Lipinski definition) is 4. The lowest BCUT2D eigenvalue weighted by Gasteiger charge is -2.13. The summed E-state index contributed by atoms with van der Waals surface area (Å²) in [5, 5.41) is 13.8. The Balaban J connectivity index is 1.98. The summed E-state index contributed by atoms with van der Waals surface area (Å²) in [4.78, 5) is 4.78. The smallest absolute Gasteiger partial charge is 0.215 e. The summed E-state index contributed by atoms with van der Waals surface area (Å²) in [7, 11) is 0. The van der Waals surface area contributed by atoms with Gasteiger partial charge in [-0.25, -0.2) is 9.38 Å². The molecule has 0 unspecified atom stereocenters. The molecule has 2 heterocycles. The van der Waals surface area contributed by atoms with Crippen molar-refractivity contribution in [1.82, 2.24) is 19.6 Å². The number of para-hydroxylation sites is 1. The van der Waals surface area contributed by atoms with Crippen molar-refractivity contribution in [3.8, 4) is 0 Å². The summed E-state index contributed by atoms with van der Waals surface area (Å²) in [5.41, 5.74) is 3.58. The van der Waals surface area contributed by atoms with Gasteiger partial charge in [-0.05, 0) is 36.8 Å². The zero-order valence-corrected chi connectivity index (χ0v) is 14.2. The standard InChI is InChI=1S/C18H16ClN5/c1-3-16-22-23-17-12-7-4-5-9-15(12)21-18(24(16)17)20-14-10-6-8-13(19)11(14)2/h4-10H,3H2,1-2H3,(H,20,21). The zero-order chi connectivity index (χ0) is 16.7. The largest absolute Gasteiger partial charge is 0.325 e. The molecule has 120 valence electrons. The molecule has 0 atom stereocenters. The third-order valence-electron chi connectivity index (χ3n) is 4.14. The van der Waals surface area contributed by atoms with Crippen LogP contribution in [0.1, 0.15) is 18.3 Å². The topological polar surface area (TPSA) is 55.1 Å². The molecule has 0 aliphatic rings. The van der Waals surface area contributed by atoms with E-state index in [-0.39, 0.29) is 0 Å². The van der Waals surface area contributed by atoms with Crippen molar-refractivity contribution in [3.63, 3.8) is 0 Å². The average Bonchev–Trinajstić information content (AvgIpc) is 3.04. The molecule has 5 nitrogen and oxygen atoms in total. The van der Waals surface area contributed by atoms with E-state index in [4.69, 9.17) is 16.6 Å². The molecule has 0 fully saturated rings. The van der Waals surface area contributed by atoms with Crippen molar-refractivity contribution < 1.29 is 0 Å². The highest BCUT2D eigenvalue weighted by Crippen LogP contribution is 2.28. The summed E-state index contributed by atoms with van der Waals surface area (Å²) < 4.78 is 1.97. The van der Waals surface area contributed by atoms with Crippen molar-refractivity contribution in [3.05, 3.63) is 58.9 Å². The van der Waals surface area contributed by atoms with E-state index < -0.39 is 0 Å². The molecular weight excluding hydrogens is 322 g/mol. The van der Waals surface area contributed by atoms with Crippen molar-refractivity contribution in [2.24, 2.45) is 0 Å². The minimum atomic E-state index is 0.691. The van der Waals surface area contributed by atoms with E-state index in [1.165, 1.54) is 0 Å². The lowest BCUT2D eigenvalue weighted by Crippen LogP contribution is -2.06. The molecule has 6 heteroatoms. The molecule has 0 bridgehead atoms. The van der Waals surface area contributed by atoms with Gasteiger partial charge in [0, 0.05) is 22.5 Å². The number of benzene rings is 2. The highest BCUT2D eigenvalue weighted by Gasteiger charge is 2.15. The number of rotatable bonds is 3. The molecule has 0 radical (unpaired) electrons. The van der Waals surface area contributed by atoms with Crippen LogP contribution >= 0.6 is 11.6 Å². The number of halogens is 1. The van der Waals surface area contributed by atoms with Gasteiger partial charge in [0.05, 0.1) is 5.52 Å². The minimum absolute atomic E-state index is 0.691. The Morgan fingerprint density at radius 3 is 2.75 bits per heavy atom. The van der Waals surface area contributed by atoms with Gasteiger partial charge in [0.1, 0.15) is 5.82 Å². The van der Waals surface area contributed by atoms with Crippen LogP contribution in [-0.4, -0.2) is 19.6 Å². The number of aryl methyl sites for hydroxylation is 1. The molecule has 0 aliphatic heterocycles. The molecule has 0 aliphatic carbocycles. The van der Waals surface area contributed by atoms with E-state index >= 15 is 0 Å². The van der Waals surface area contributed by atoms with Crippen LogP contribution in [0.4, 0.5) is 11.6 Å². The number of anilines is 2. The second-order valence-corrected chi connectivity index (χ2v) is 6.03. The second kappa shape index (κ2) is 5.76. The third kappa shape index (κ3) is 2.29. The molecule has 1 N–H and O–H groups in total. The highest BCUT2D eigenvalue weighted by atomic mass is 35.5. The van der Waals surface area contributed by atoms with Crippen LogP contribution in [0.5, 0.6) is 0 Å². The first kappa shape index (κ1) is 14.9. The Morgan fingerprint density at radius 2 is 1.92 bits per heavy atom. The fourth-order valence-electron chi connectivity index (χ4n) is 2.81. The zero-order valence-electron chi connectivity index (χ0n) is 13.4. The van der Waals surface area contributed by atoms with E-state index in [2.05, 4.69) is 22.4 Å². The van der Waals surface area contributed by atoms with Crippen molar-refractivity contribution in [2.75, 3.05) is 5.32 Å². The van der Waals surface area contributed by atoms with Crippen LogP contribution < -0.4 is 5.32 Å². The molecule has 0 amide bonds. The van der Waals surface area contributed by atoms with Gasteiger partial charge in [-0.2, -0.15) is 0 Å². The maximum atomic E-state index is 6.24. The monoisotopic (exact) mass is 337 g/mol. The van der Waals surface area contributed by atoms with Gasteiger partial charge in [-0.15, -0.1) is 10.2 Å². The highest BCUT2D eigenvalue weighted by molar-refractivity contribution is 6.31. The van der Waals surface area contributed by atoms with Gasteiger partial charge in [-0.3, -0.25) is 0 Å². The normalized spacial score (nSPS) is 11.3. The molecule has 0 saturated heterocycles. The van der Waals surface area contributed by atoms with Crippen LogP contribution in [-0.2, 0) is 6.42 Å². The molecule has 0 saturated carbocycles. The predicted molar refractivity (Wildman–Crippen MR) is 97.1 cm³/mol. The summed E-state index contributed by atoms with van der Waals surface area (Å²) in [5.74, 6) is 1.56. The summed E-state index contributed by atoms with van der Waals surface area (Å²) in [6.45, 7) is 4.04. The Bertz CT molecular complexity index is 1050. The van der Waals surface area contributed by atoms with E-state index in [0.29, 0.717) is 5.95 Å². The minimum Gasteiger partial charge on any atom is -0.325 e. The molecule has 24 heavy (non-hydrogen) atoms. The first-order chi connectivity index (χ1) is 11.7. The third-order valence-corrected chi connectivity index (χ3v) is 4.55. The number of nitrogens with zero attached hydrogens (tertiary/aromatic N) is 4. The number of fused-ring (bicyclic) bond motifs is 3. The molecule has 0 spiro atoms. The Morgan fingerprint density at radius 1 is 1.08 bits per heavy atom. The van der Waals surface area contributed by atoms with Crippen molar-refractivity contribution in [1.29, 1.82) is 0 Å². The van der Waals surface area contributed by atoms with Crippen LogP contribution in [0.3, 0.4) is 0 Å². The lowest BCUT2D eigenvalue weighted by molar-refractivity contribution is 0.904. The first-order valence-electron chi connectivity index (χ1n) is 7.84. The fourth-order valence-corrected chi connectivity index (χ4v) is 2.99. The van der Waals surface area contributed by atoms with Crippen LogP contribution in [0.25, 0.3) is 16.6 Å². The molecule has 4 rings (SSSR count). The summed E-state index contributed by atoms with van der Waals surface area (Å²) >= 11 is 6.24. The SMILES string of the molecule is CCc1nnc2c3ccccc3nc(Nc3cccc(Cl)c3C)n12. The van der Waals surface area contributed by atoms with Gasteiger partial charge in [0.15, 0.2) is 5.65 Å². The van der Waals surface area contributed by atoms with Gasteiger partial charge in [0.25, 0.3) is 0 Å². The Labute approximate surface area is 144 Å². The van der Waals surface area contributed by atoms with E-state index in [1.807, 2.05) is 53.8 Å². The average molecular weight is 338 g/mol. The van der Waals surface area contributed by atoms with E-state index in [1.54, 1.807) is 0 Å². The quantitative estimate of drug-likeness (QED) is 0.596. The number of aromatic nitrogens is 4. The van der Waals surface area contributed by atoms with Crippen molar-refractivity contribution >= 4 is 39.8 Å². The number of nitrogens with one attached hydrogen (secondary N) is 1. The van der Waals surface area contributed by atoms with Crippen LogP contribution in [0, 0.1) is 6.92 Å². The van der Waals surface area contributed by atoms with Gasteiger partial charge < -0.3 is 5.32 Å². The van der Waals surface area contributed by atoms with Gasteiger partial charge in [-0.1, -0.05) is 36.7 Å². The maximum absolute atomic E-state index is 6.24. The van der Waals surface area contributed by atoms with Gasteiger partial charge in [0.2, 0.25) is 5.95 Å². The first-order valence-corrected chi connectivity index (χ1v) is 8.21. The summed E-state index contributed by atoms with van der Waals surface area (Å²) in [6.07, 6.45) is 0.768. The predicted octanol–water partition coefficient (Wildman–Crippen LogP) is 4.55. The lowest BCUT2D eigenvalue weighted by atomic mass is 10.2. The fraction of sp³-hybridized carbons (Fsp3) is 0.167. The van der Waals surface area contributed by atoms with Gasteiger partial charge >= 0.3 is 0 Å². The second-order valence-electron chi connectivity index (χ2n) is 5.62. The van der Waals surface area contributed by atoms with Crippen molar-refractivity contribution in [2.45, 2.75) is 20.3 Å². The van der Waals surface area contributed by atoms with Crippen LogP contribution in [0.2, 0.25) is 5.02 Å². The molecule has 4 aromatic rings. The van der Waals surface area contributed by atoms with E-state index in [9.17, 15) is 0 Å². The Hall–Kier alpha value is -2.66. The van der Waals surface area contributed by atoms with Crippen LogP contribution in [0.15, 0.2) is 42.5 Å².